The van der Waals surface area contributed by atoms with E-state index in [4.69, 9.17) is 28.9 Å². The average molecular weight is 608 g/mol. The summed E-state index contributed by atoms with van der Waals surface area (Å²) >= 11 is 0. The first-order chi connectivity index (χ1) is 21.7. The minimum absolute atomic E-state index is 0.333. The van der Waals surface area contributed by atoms with Gasteiger partial charge < -0.3 is 24.3 Å². The van der Waals surface area contributed by atoms with E-state index in [9.17, 15) is 4.79 Å². The van der Waals surface area contributed by atoms with Gasteiger partial charge in [-0.05, 0) is 31.5 Å². The summed E-state index contributed by atoms with van der Waals surface area (Å²) in [6.45, 7) is 11.5. The molecule has 6 rings (SSSR count). The molecule has 0 unspecified atom stereocenters. The normalized spacial score (nSPS) is 18.6. The molecule has 0 atom stereocenters. The van der Waals surface area contributed by atoms with Gasteiger partial charge in [-0.15, -0.1) is 0 Å². The van der Waals surface area contributed by atoms with Crippen LogP contribution in [0.15, 0.2) is 34.5 Å². The molecule has 14 heteroatoms. The zero-order valence-corrected chi connectivity index (χ0v) is 25.3. The smallest absolute Gasteiger partial charge is 0.261 e. The van der Waals surface area contributed by atoms with Crippen LogP contribution < -0.4 is 20.1 Å². The molecular formula is C30H41N9O5. The Labute approximate surface area is 257 Å². The van der Waals surface area contributed by atoms with Gasteiger partial charge in [0.25, 0.3) is 5.91 Å². The Kier molecular flexibility index (Phi) is 10.1. The number of guanidine groups is 1. The summed E-state index contributed by atoms with van der Waals surface area (Å²) in [6.07, 6.45) is 4.90. The molecule has 2 aromatic rings. The molecule has 1 amide bonds. The molecule has 1 aromatic carbocycles. The topological polar surface area (TPSA) is 138 Å². The number of aliphatic imine (C=N–C) groups is 2. The molecule has 4 aliphatic heterocycles. The molecule has 2 saturated heterocycles. The zero-order valence-electron chi connectivity index (χ0n) is 25.3. The Hall–Kier alpha value is -3.85. The largest absolute Gasteiger partial charge is 0.491 e. The Bertz CT molecular complexity index is 1340. The predicted molar refractivity (Wildman–Crippen MR) is 165 cm³/mol. The SMILES string of the molecule is COc1c(OCCCN2CCOCC2)ccc2c1N=C(NC(=O)c1cnc(NCCCN3CCOCC3)nc1)N1CCN=C21. The van der Waals surface area contributed by atoms with Crippen molar-refractivity contribution in [2.45, 2.75) is 12.8 Å². The van der Waals surface area contributed by atoms with Crippen molar-refractivity contribution in [3.05, 3.63) is 35.7 Å². The summed E-state index contributed by atoms with van der Waals surface area (Å²) in [6, 6.07) is 3.86. The highest BCUT2D eigenvalue weighted by atomic mass is 16.5. The van der Waals surface area contributed by atoms with Gasteiger partial charge in [0.05, 0.1) is 52.3 Å². The van der Waals surface area contributed by atoms with Crippen LogP contribution in [0.5, 0.6) is 11.5 Å². The number of hydrogen-bond acceptors (Lipinski definition) is 13. The number of fused-ring (bicyclic) bond motifs is 3. The minimum atomic E-state index is -0.355. The summed E-state index contributed by atoms with van der Waals surface area (Å²) in [5, 5.41) is 6.18. The van der Waals surface area contributed by atoms with Crippen molar-refractivity contribution >= 4 is 29.3 Å². The van der Waals surface area contributed by atoms with Gasteiger partial charge in [-0.3, -0.25) is 29.8 Å². The fourth-order valence-corrected chi connectivity index (χ4v) is 5.63. The number of amidine groups is 1. The number of nitrogens with one attached hydrogen (secondary N) is 2. The quantitative estimate of drug-likeness (QED) is 0.337. The zero-order chi connectivity index (χ0) is 30.1. The van der Waals surface area contributed by atoms with E-state index in [0.29, 0.717) is 54.4 Å². The molecule has 2 N–H and O–H groups in total. The van der Waals surface area contributed by atoms with Crippen LogP contribution in [0.2, 0.25) is 0 Å². The lowest BCUT2D eigenvalue weighted by Gasteiger charge is -2.29. The highest BCUT2D eigenvalue weighted by Crippen LogP contribution is 2.43. The van der Waals surface area contributed by atoms with Gasteiger partial charge in [-0.2, -0.15) is 0 Å². The second-order valence-electron chi connectivity index (χ2n) is 10.9. The lowest BCUT2D eigenvalue weighted by atomic mass is 10.1. The number of ether oxygens (including phenoxy) is 4. The summed E-state index contributed by atoms with van der Waals surface area (Å²) in [7, 11) is 1.60. The van der Waals surface area contributed by atoms with Crippen LogP contribution in [-0.4, -0.2) is 141 Å². The number of morpholine rings is 2. The van der Waals surface area contributed by atoms with Crippen molar-refractivity contribution in [1.29, 1.82) is 0 Å². The van der Waals surface area contributed by atoms with E-state index < -0.39 is 0 Å². The van der Waals surface area contributed by atoms with E-state index in [2.05, 4.69) is 30.4 Å². The van der Waals surface area contributed by atoms with Gasteiger partial charge >= 0.3 is 0 Å². The van der Waals surface area contributed by atoms with Gasteiger partial charge in [0, 0.05) is 63.8 Å². The van der Waals surface area contributed by atoms with Crippen molar-refractivity contribution in [1.82, 2.24) is 30.0 Å². The van der Waals surface area contributed by atoms with Crippen LogP contribution in [0.3, 0.4) is 0 Å². The van der Waals surface area contributed by atoms with E-state index in [0.717, 1.165) is 96.5 Å². The molecule has 0 radical (unpaired) electrons. The third kappa shape index (κ3) is 7.26. The number of carbonyl (C=O) groups is 1. The van der Waals surface area contributed by atoms with Crippen molar-refractivity contribution in [2.75, 3.05) is 104 Å². The van der Waals surface area contributed by atoms with Crippen LogP contribution in [0.4, 0.5) is 11.6 Å². The Balaban J connectivity index is 1.08. The second kappa shape index (κ2) is 14.8. The number of methoxy groups -OCH3 is 1. The second-order valence-corrected chi connectivity index (χ2v) is 10.9. The third-order valence-corrected chi connectivity index (χ3v) is 8.01. The van der Waals surface area contributed by atoms with Crippen LogP contribution in [-0.2, 0) is 9.47 Å². The first kappa shape index (κ1) is 30.2. The number of aromatic nitrogens is 2. The van der Waals surface area contributed by atoms with Crippen molar-refractivity contribution in [2.24, 2.45) is 9.98 Å². The molecule has 14 nitrogen and oxygen atoms in total. The fraction of sp³-hybridized carbons (Fsp3) is 0.567. The molecule has 2 fully saturated rings. The summed E-state index contributed by atoms with van der Waals surface area (Å²) < 4.78 is 22.7. The Morgan fingerprint density at radius 1 is 0.955 bits per heavy atom. The summed E-state index contributed by atoms with van der Waals surface area (Å²) in [5.74, 6) is 2.39. The average Bonchev–Trinajstić information content (AvgIpc) is 3.57. The first-order valence-electron chi connectivity index (χ1n) is 15.4. The number of benzene rings is 1. The molecule has 236 valence electrons. The molecule has 0 saturated carbocycles. The van der Waals surface area contributed by atoms with E-state index in [1.54, 1.807) is 7.11 Å². The fourth-order valence-electron chi connectivity index (χ4n) is 5.63. The van der Waals surface area contributed by atoms with Crippen molar-refractivity contribution in [3.8, 4) is 11.5 Å². The van der Waals surface area contributed by atoms with Crippen molar-refractivity contribution in [3.63, 3.8) is 0 Å². The maximum absolute atomic E-state index is 13.2. The number of hydrogen-bond donors (Lipinski definition) is 2. The van der Waals surface area contributed by atoms with Crippen LogP contribution in [0, 0.1) is 0 Å². The first-order valence-corrected chi connectivity index (χ1v) is 15.4. The van der Waals surface area contributed by atoms with Gasteiger partial charge in [0.15, 0.2) is 11.5 Å². The highest BCUT2D eigenvalue weighted by molar-refractivity contribution is 6.20. The third-order valence-electron chi connectivity index (χ3n) is 8.01. The maximum atomic E-state index is 13.2. The molecule has 5 heterocycles. The Morgan fingerprint density at radius 3 is 2.36 bits per heavy atom. The molecule has 1 aromatic heterocycles. The predicted octanol–water partition coefficient (Wildman–Crippen LogP) is 1.21. The van der Waals surface area contributed by atoms with Crippen molar-refractivity contribution < 1.29 is 23.7 Å². The van der Waals surface area contributed by atoms with Gasteiger partial charge in [0.1, 0.15) is 11.5 Å². The van der Waals surface area contributed by atoms with E-state index in [1.165, 1.54) is 12.4 Å². The highest BCUT2D eigenvalue weighted by Gasteiger charge is 2.33. The van der Waals surface area contributed by atoms with Gasteiger partial charge in [0.2, 0.25) is 11.9 Å². The summed E-state index contributed by atoms with van der Waals surface area (Å²) in [5.41, 5.74) is 1.75. The van der Waals surface area contributed by atoms with Gasteiger partial charge in [-0.25, -0.2) is 15.0 Å². The van der Waals surface area contributed by atoms with E-state index in [-0.39, 0.29) is 5.91 Å². The maximum Gasteiger partial charge on any atom is 0.261 e. The van der Waals surface area contributed by atoms with E-state index in [1.807, 2.05) is 17.0 Å². The standard InChI is InChI=1S/C30H41N9O5/c1-41-26-24(44-15-3-9-38-13-18-43-19-14-38)5-4-23-25(26)35-30(39-10-7-31-27(23)39)36-28(40)22-20-33-29(34-21-22)32-6-2-8-37-11-16-42-17-12-37/h4-5,20-21H,2-3,6-19H2,1H3,(H,32,33,34)(H,35,36,40). The number of rotatable bonds is 12. The summed E-state index contributed by atoms with van der Waals surface area (Å²) in [4.78, 5) is 38.1. The number of amides is 1. The minimum Gasteiger partial charge on any atom is -0.491 e. The molecule has 4 aliphatic rings. The van der Waals surface area contributed by atoms with Gasteiger partial charge in [-0.1, -0.05) is 0 Å². The number of carbonyl (C=O) groups excluding carboxylic acids is 1. The lowest BCUT2D eigenvalue weighted by Crippen LogP contribution is -2.47. The number of nitrogens with zero attached hydrogens (tertiary/aromatic N) is 7. The lowest BCUT2D eigenvalue weighted by molar-refractivity contribution is 0.0357. The molecular weight excluding hydrogens is 566 g/mol. The Morgan fingerprint density at radius 2 is 1.66 bits per heavy atom. The van der Waals surface area contributed by atoms with E-state index >= 15 is 0 Å². The van der Waals surface area contributed by atoms with Crippen LogP contribution in [0.25, 0.3) is 0 Å². The monoisotopic (exact) mass is 607 g/mol. The molecule has 0 spiro atoms. The molecule has 44 heavy (non-hydrogen) atoms. The molecule has 0 bridgehead atoms. The van der Waals surface area contributed by atoms with Crippen LogP contribution >= 0.6 is 0 Å². The molecule has 0 aliphatic carbocycles. The van der Waals surface area contributed by atoms with Crippen LogP contribution in [0.1, 0.15) is 28.8 Å². The number of anilines is 1.